The zero-order chi connectivity index (χ0) is 15.1. The summed E-state index contributed by atoms with van der Waals surface area (Å²) >= 11 is 0. The van der Waals surface area contributed by atoms with Gasteiger partial charge >= 0.3 is 12.0 Å². The van der Waals surface area contributed by atoms with Crippen LogP contribution in [0.2, 0.25) is 0 Å². The number of hydrogen-bond acceptors (Lipinski definition) is 4. The largest absolute Gasteiger partial charge is 0.497 e. The molecule has 1 unspecified atom stereocenters. The average molecular weight is 282 g/mol. The van der Waals surface area contributed by atoms with Crippen molar-refractivity contribution in [3.8, 4) is 5.75 Å². The Hall–Kier alpha value is -2.28. The third-order valence-corrected chi connectivity index (χ3v) is 2.50. The number of urea groups is 1. The van der Waals surface area contributed by atoms with Gasteiger partial charge in [0.05, 0.1) is 31.0 Å². The van der Waals surface area contributed by atoms with Crippen LogP contribution in [-0.2, 0) is 4.74 Å². The molecular formula is C13H18N2O5. The number of nitrogens with one attached hydrogen (secondary N) is 2. The van der Waals surface area contributed by atoms with Gasteiger partial charge in [0.1, 0.15) is 5.75 Å². The van der Waals surface area contributed by atoms with Gasteiger partial charge < -0.3 is 25.2 Å². The van der Waals surface area contributed by atoms with E-state index in [0.717, 1.165) is 0 Å². The van der Waals surface area contributed by atoms with Crippen LogP contribution in [0.15, 0.2) is 18.2 Å². The smallest absolute Gasteiger partial charge is 0.337 e. The van der Waals surface area contributed by atoms with Gasteiger partial charge in [-0.15, -0.1) is 0 Å². The fourth-order valence-corrected chi connectivity index (χ4v) is 1.61. The minimum atomic E-state index is -1.15. The Morgan fingerprint density at radius 3 is 2.60 bits per heavy atom. The van der Waals surface area contributed by atoms with E-state index in [2.05, 4.69) is 10.6 Å². The van der Waals surface area contributed by atoms with Crippen LogP contribution in [0.1, 0.15) is 17.3 Å². The lowest BCUT2D eigenvalue weighted by atomic mass is 10.1. The molecule has 0 bridgehead atoms. The van der Waals surface area contributed by atoms with Gasteiger partial charge in [0, 0.05) is 7.11 Å². The van der Waals surface area contributed by atoms with Crippen molar-refractivity contribution >= 4 is 17.7 Å². The molecule has 3 N–H and O–H groups in total. The van der Waals surface area contributed by atoms with E-state index in [1.165, 1.54) is 26.4 Å². The summed E-state index contributed by atoms with van der Waals surface area (Å²) in [7, 11) is 2.97. The number of benzene rings is 1. The molecule has 0 fully saturated rings. The zero-order valence-corrected chi connectivity index (χ0v) is 11.6. The summed E-state index contributed by atoms with van der Waals surface area (Å²) in [6.45, 7) is 2.14. The standard InChI is InChI=1S/C13H18N2O5/c1-8(7-19-2)14-13(18)15-11-5-4-9(20-3)6-10(11)12(16)17/h4-6,8H,7H2,1-3H3,(H,16,17)(H2,14,15,18). The molecular weight excluding hydrogens is 264 g/mol. The molecule has 0 saturated heterocycles. The molecule has 0 radical (unpaired) electrons. The van der Waals surface area contributed by atoms with Crippen molar-refractivity contribution in [2.45, 2.75) is 13.0 Å². The van der Waals surface area contributed by atoms with Crippen molar-refractivity contribution in [1.82, 2.24) is 5.32 Å². The molecule has 0 saturated carbocycles. The molecule has 1 atom stereocenters. The Labute approximate surface area is 116 Å². The quantitative estimate of drug-likeness (QED) is 0.735. The highest BCUT2D eigenvalue weighted by Gasteiger charge is 2.14. The Bertz CT molecular complexity index is 490. The Morgan fingerprint density at radius 2 is 2.05 bits per heavy atom. The van der Waals surface area contributed by atoms with Crippen LogP contribution < -0.4 is 15.4 Å². The molecule has 20 heavy (non-hydrogen) atoms. The van der Waals surface area contributed by atoms with Crippen LogP contribution in [0.5, 0.6) is 5.75 Å². The number of anilines is 1. The number of rotatable bonds is 6. The first kappa shape index (κ1) is 15.8. The van der Waals surface area contributed by atoms with Crippen molar-refractivity contribution in [3.63, 3.8) is 0 Å². The average Bonchev–Trinajstić information content (AvgIpc) is 2.38. The first-order valence-electron chi connectivity index (χ1n) is 5.95. The summed E-state index contributed by atoms with van der Waals surface area (Å²) in [4.78, 5) is 22.9. The van der Waals surface area contributed by atoms with Crippen molar-refractivity contribution in [2.24, 2.45) is 0 Å². The summed E-state index contributed by atoms with van der Waals surface area (Å²) in [6, 6.07) is 3.70. The predicted molar refractivity (Wildman–Crippen MR) is 73.4 cm³/mol. The lowest BCUT2D eigenvalue weighted by Gasteiger charge is -2.15. The van der Waals surface area contributed by atoms with E-state index >= 15 is 0 Å². The molecule has 1 aromatic rings. The molecule has 0 aliphatic rings. The number of carbonyl (C=O) groups is 2. The first-order chi connectivity index (χ1) is 9.47. The van der Waals surface area contributed by atoms with Crippen LogP contribution >= 0.6 is 0 Å². The third kappa shape index (κ3) is 4.43. The number of hydrogen-bond donors (Lipinski definition) is 3. The number of carbonyl (C=O) groups excluding carboxylic acids is 1. The lowest BCUT2D eigenvalue weighted by molar-refractivity contribution is 0.0697. The van der Waals surface area contributed by atoms with Gasteiger partial charge in [-0.3, -0.25) is 0 Å². The van der Waals surface area contributed by atoms with E-state index in [-0.39, 0.29) is 17.3 Å². The maximum atomic E-state index is 11.7. The second-order valence-corrected chi connectivity index (χ2v) is 4.17. The van der Waals surface area contributed by atoms with Gasteiger partial charge in [-0.1, -0.05) is 0 Å². The van der Waals surface area contributed by atoms with E-state index in [4.69, 9.17) is 14.6 Å². The van der Waals surface area contributed by atoms with Crippen molar-refractivity contribution < 1.29 is 24.2 Å². The molecule has 0 aromatic heterocycles. The van der Waals surface area contributed by atoms with E-state index in [9.17, 15) is 9.59 Å². The molecule has 0 aliphatic heterocycles. The Morgan fingerprint density at radius 1 is 1.35 bits per heavy atom. The molecule has 7 nitrogen and oxygen atoms in total. The van der Waals surface area contributed by atoms with Crippen LogP contribution in [0, 0.1) is 0 Å². The number of aromatic carboxylic acids is 1. The molecule has 1 rings (SSSR count). The summed E-state index contributed by atoms with van der Waals surface area (Å²) < 4.78 is 9.85. The number of carboxylic acids is 1. The topological polar surface area (TPSA) is 96.9 Å². The van der Waals surface area contributed by atoms with Crippen molar-refractivity contribution in [3.05, 3.63) is 23.8 Å². The molecule has 0 heterocycles. The van der Waals surface area contributed by atoms with Crippen LogP contribution in [0.3, 0.4) is 0 Å². The molecule has 0 spiro atoms. The third-order valence-electron chi connectivity index (χ3n) is 2.50. The van der Waals surface area contributed by atoms with Crippen molar-refractivity contribution in [2.75, 3.05) is 26.1 Å². The van der Waals surface area contributed by atoms with Crippen LogP contribution in [-0.4, -0.2) is 44.0 Å². The summed E-state index contributed by atoms with van der Waals surface area (Å²) in [5.74, 6) is -0.745. The highest BCUT2D eigenvalue weighted by molar-refractivity contribution is 6.00. The van der Waals surface area contributed by atoms with E-state index in [1.807, 2.05) is 0 Å². The number of ether oxygens (including phenoxy) is 2. The minimum Gasteiger partial charge on any atom is -0.497 e. The second kappa shape index (κ2) is 7.34. The predicted octanol–water partition coefficient (Wildman–Crippen LogP) is 1.55. The molecule has 1 aromatic carbocycles. The molecule has 0 aliphatic carbocycles. The lowest BCUT2D eigenvalue weighted by Crippen LogP contribution is -2.38. The van der Waals surface area contributed by atoms with Crippen molar-refractivity contribution in [1.29, 1.82) is 0 Å². The van der Waals surface area contributed by atoms with E-state index in [0.29, 0.717) is 12.4 Å². The molecule has 2 amide bonds. The highest BCUT2D eigenvalue weighted by atomic mass is 16.5. The highest BCUT2D eigenvalue weighted by Crippen LogP contribution is 2.22. The summed E-state index contributed by atoms with van der Waals surface area (Å²) in [5.41, 5.74) is 0.152. The summed E-state index contributed by atoms with van der Waals surface area (Å²) in [5, 5.41) is 14.2. The summed E-state index contributed by atoms with van der Waals surface area (Å²) in [6.07, 6.45) is 0. The van der Waals surface area contributed by atoms with E-state index in [1.54, 1.807) is 13.0 Å². The Kier molecular flexibility index (Phi) is 5.79. The first-order valence-corrected chi connectivity index (χ1v) is 5.95. The van der Waals surface area contributed by atoms with Gasteiger partial charge in [-0.05, 0) is 25.1 Å². The fourth-order valence-electron chi connectivity index (χ4n) is 1.61. The maximum absolute atomic E-state index is 11.7. The fraction of sp³-hybridized carbons (Fsp3) is 0.385. The monoisotopic (exact) mass is 282 g/mol. The normalized spacial score (nSPS) is 11.6. The van der Waals surface area contributed by atoms with Gasteiger partial charge in [0.15, 0.2) is 0 Å². The van der Waals surface area contributed by atoms with Gasteiger partial charge in [0.25, 0.3) is 0 Å². The van der Waals surface area contributed by atoms with Gasteiger partial charge in [-0.2, -0.15) is 0 Å². The maximum Gasteiger partial charge on any atom is 0.337 e. The van der Waals surface area contributed by atoms with Crippen LogP contribution in [0.25, 0.3) is 0 Å². The molecule has 7 heteroatoms. The molecule has 110 valence electrons. The zero-order valence-electron chi connectivity index (χ0n) is 11.6. The van der Waals surface area contributed by atoms with Gasteiger partial charge in [0.2, 0.25) is 0 Å². The minimum absolute atomic E-state index is 0.0427. The number of amides is 2. The number of carboxylic acid groups (broad SMARTS) is 1. The van der Waals surface area contributed by atoms with Crippen LogP contribution in [0.4, 0.5) is 10.5 Å². The SMILES string of the molecule is COCC(C)NC(=O)Nc1ccc(OC)cc1C(=O)O. The second-order valence-electron chi connectivity index (χ2n) is 4.17. The van der Waals surface area contributed by atoms with Gasteiger partial charge in [-0.25, -0.2) is 9.59 Å². The number of methoxy groups -OCH3 is 2. The Balaban J connectivity index is 2.81. The van der Waals surface area contributed by atoms with E-state index < -0.39 is 12.0 Å².